The maximum Gasteiger partial charge on any atom is 0.119 e. The highest BCUT2D eigenvalue weighted by atomic mass is 16.5. The lowest BCUT2D eigenvalue weighted by Crippen LogP contribution is -2.28. The second-order valence-electron chi connectivity index (χ2n) is 6.92. The highest BCUT2D eigenvalue weighted by Gasteiger charge is 2.26. The van der Waals surface area contributed by atoms with E-state index in [2.05, 4.69) is 42.3 Å². The predicted octanol–water partition coefficient (Wildman–Crippen LogP) is 4.32. The average molecular weight is 323 g/mol. The first-order chi connectivity index (χ1) is 11.7. The van der Waals surface area contributed by atoms with E-state index in [1.54, 1.807) is 7.11 Å². The number of hydrogen-bond donors (Lipinski definition) is 0. The Morgan fingerprint density at radius 2 is 1.96 bits per heavy atom. The molecule has 0 N–H and O–H groups in total. The van der Waals surface area contributed by atoms with Crippen molar-refractivity contribution in [3.63, 3.8) is 0 Å². The van der Waals surface area contributed by atoms with E-state index >= 15 is 0 Å². The molecule has 1 aliphatic heterocycles. The number of anilines is 1. The van der Waals surface area contributed by atoms with Gasteiger partial charge in [0, 0.05) is 25.7 Å². The van der Waals surface area contributed by atoms with Gasteiger partial charge in [0.2, 0.25) is 0 Å². The van der Waals surface area contributed by atoms with E-state index in [9.17, 15) is 0 Å². The summed E-state index contributed by atoms with van der Waals surface area (Å²) in [5.41, 5.74) is 5.43. The molecule has 2 aromatic rings. The Labute approximate surface area is 144 Å². The highest BCUT2D eigenvalue weighted by molar-refractivity contribution is 5.56. The molecule has 24 heavy (non-hydrogen) atoms. The van der Waals surface area contributed by atoms with Crippen molar-refractivity contribution in [2.24, 2.45) is 0 Å². The fourth-order valence-corrected chi connectivity index (χ4v) is 3.58. The molecule has 2 aliphatic rings. The van der Waals surface area contributed by atoms with Crippen LogP contribution in [0.1, 0.15) is 41.6 Å². The Balaban J connectivity index is 1.68. The van der Waals surface area contributed by atoms with Gasteiger partial charge in [0.1, 0.15) is 5.75 Å². The molecule has 0 spiro atoms. The summed E-state index contributed by atoms with van der Waals surface area (Å²) in [7, 11) is 3.87. The summed E-state index contributed by atoms with van der Waals surface area (Å²) in [5.74, 6) is 1.67. The summed E-state index contributed by atoms with van der Waals surface area (Å²) >= 11 is 0. The Morgan fingerprint density at radius 1 is 1.08 bits per heavy atom. The SMILES string of the molecule is COc1cccc(C2Cc3cc(C4CC4)ccc3N(C)CCO2)c1. The monoisotopic (exact) mass is 323 g/mol. The van der Waals surface area contributed by atoms with Gasteiger partial charge >= 0.3 is 0 Å². The second-order valence-corrected chi connectivity index (χ2v) is 6.92. The van der Waals surface area contributed by atoms with E-state index in [4.69, 9.17) is 9.47 Å². The normalized spacial score (nSPS) is 20.9. The lowest BCUT2D eigenvalue weighted by molar-refractivity contribution is 0.0558. The van der Waals surface area contributed by atoms with Crippen molar-refractivity contribution in [1.82, 2.24) is 0 Å². The van der Waals surface area contributed by atoms with Crippen molar-refractivity contribution in [3.05, 3.63) is 59.2 Å². The van der Waals surface area contributed by atoms with Crippen LogP contribution in [0.4, 0.5) is 5.69 Å². The van der Waals surface area contributed by atoms with Gasteiger partial charge in [-0.1, -0.05) is 24.3 Å². The molecule has 126 valence electrons. The second kappa shape index (κ2) is 6.48. The van der Waals surface area contributed by atoms with Crippen molar-refractivity contribution in [3.8, 4) is 5.75 Å². The first kappa shape index (κ1) is 15.5. The number of likely N-dealkylation sites (N-methyl/N-ethyl adjacent to an activating group) is 1. The van der Waals surface area contributed by atoms with Gasteiger partial charge in [-0.25, -0.2) is 0 Å². The Kier molecular flexibility index (Phi) is 4.19. The molecule has 0 aromatic heterocycles. The fraction of sp³-hybridized carbons (Fsp3) is 0.429. The molecule has 4 rings (SSSR count). The topological polar surface area (TPSA) is 21.7 Å². The molecule has 1 unspecified atom stereocenters. The van der Waals surface area contributed by atoms with Gasteiger partial charge in [0.25, 0.3) is 0 Å². The number of rotatable bonds is 3. The van der Waals surface area contributed by atoms with Crippen LogP contribution in [0, 0.1) is 0 Å². The van der Waals surface area contributed by atoms with Gasteiger partial charge in [0.15, 0.2) is 0 Å². The molecule has 0 radical (unpaired) electrons. The zero-order valence-corrected chi connectivity index (χ0v) is 14.5. The lowest BCUT2D eigenvalue weighted by atomic mass is 9.96. The van der Waals surface area contributed by atoms with E-state index in [1.807, 2.05) is 12.1 Å². The predicted molar refractivity (Wildman–Crippen MR) is 97.1 cm³/mol. The minimum atomic E-state index is 0.0852. The van der Waals surface area contributed by atoms with Crippen LogP contribution >= 0.6 is 0 Å². The van der Waals surface area contributed by atoms with Gasteiger partial charge in [-0.05, 0) is 53.6 Å². The Morgan fingerprint density at radius 3 is 2.75 bits per heavy atom. The van der Waals surface area contributed by atoms with E-state index in [1.165, 1.54) is 35.2 Å². The third-order valence-corrected chi connectivity index (χ3v) is 5.18. The summed E-state index contributed by atoms with van der Waals surface area (Å²) in [6.07, 6.45) is 3.67. The van der Waals surface area contributed by atoms with Gasteiger partial charge in [-0.3, -0.25) is 0 Å². The largest absolute Gasteiger partial charge is 0.497 e. The maximum atomic E-state index is 6.21. The minimum absolute atomic E-state index is 0.0852. The first-order valence-corrected chi connectivity index (χ1v) is 8.84. The summed E-state index contributed by atoms with van der Waals surface area (Å²) in [5, 5.41) is 0. The van der Waals surface area contributed by atoms with Gasteiger partial charge in [0.05, 0.1) is 19.8 Å². The summed E-state index contributed by atoms with van der Waals surface area (Å²) in [6.45, 7) is 1.65. The molecule has 1 atom stereocenters. The standard InChI is InChI=1S/C21H25NO2/c1-22-10-11-24-21(17-4-3-5-19(13-17)23-2)14-18-12-16(15-6-7-15)8-9-20(18)22/h3-5,8-9,12-13,15,21H,6-7,10-11,14H2,1-2H3. The average Bonchev–Trinajstić information content (AvgIpc) is 3.44. The summed E-state index contributed by atoms with van der Waals surface area (Å²) < 4.78 is 11.6. The molecule has 3 nitrogen and oxygen atoms in total. The van der Waals surface area contributed by atoms with Gasteiger partial charge < -0.3 is 14.4 Å². The molecule has 2 aromatic carbocycles. The lowest BCUT2D eigenvalue weighted by Gasteiger charge is -2.30. The van der Waals surface area contributed by atoms with Crippen molar-refractivity contribution < 1.29 is 9.47 Å². The number of methoxy groups -OCH3 is 1. The maximum absolute atomic E-state index is 6.21. The third kappa shape index (κ3) is 3.13. The molecular weight excluding hydrogens is 298 g/mol. The number of benzene rings is 2. The van der Waals surface area contributed by atoms with Crippen LogP contribution in [0.15, 0.2) is 42.5 Å². The van der Waals surface area contributed by atoms with Crippen molar-refractivity contribution in [1.29, 1.82) is 0 Å². The highest BCUT2D eigenvalue weighted by Crippen LogP contribution is 2.42. The van der Waals surface area contributed by atoms with Gasteiger partial charge in [-0.15, -0.1) is 0 Å². The number of hydrogen-bond acceptors (Lipinski definition) is 3. The van der Waals surface area contributed by atoms with E-state index in [-0.39, 0.29) is 6.10 Å². The van der Waals surface area contributed by atoms with E-state index in [0.29, 0.717) is 0 Å². The molecular formula is C21H25NO2. The van der Waals surface area contributed by atoms with E-state index < -0.39 is 0 Å². The van der Waals surface area contributed by atoms with Crippen LogP contribution < -0.4 is 9.64 Å². The summed E-state index contributed by atoms with van der Waals surface area (Å²) in [4.78, 5) is 2.31. The molecule has 1 fully saturated rings. The summed E-state index contributed by atoms with van der Waals surface area (Å²) in [6, 6.07) is 15.3. The minimum Gasteiger partial charge on any atom is -0.497 e. The Bertz CT molecular complexity index is 724. The quantitative estimate of drug-likeness (QED) is 0.839. The van der Waals surface area contributed by atoms with Crippen LogP contribution in [0.25, 0.3) is 0 Å². The Hall–Kier alpha value is -2.00. The third-order valence-electron chi connectivity index (χ3n) is 5.18. The van der Waals surface area contributed by atoms with Crippen LogP contribution in [0.3, 0.4) is 0 Å². The molecule has 1 heterocycles. The van der Waals surface area contributed by atoms with Crippen LogP contribution in [0.2, 0.25) is 0 Å². The number of ether oxygens (including phenoxy) is 2. The van der Waals surface area contributed by atoms with Crippen LogP contribution in [-0.4, -0.2) is 27.3 Å². The van der Waals surface area contributed by atoms with E-state index in [0.717, 1.165) is 31.2 Å². The zero-order chi connectivity index (χ0) is 16.5. The van der Waals surface area contributed by atoms with Crippen LogP contribution in [0.5, 0.6) is 5.75 Å². The molecule has 3 heteroatoms. The fourth-order valence-electron chi connectivity index (χ4n) is 3.58. The zero-order valence-electron chi connectivity index (χ0n) is 14.5. The van der Waals surface area contributed by atoms with Crippen LogP contribution in [-0.2, 0) is 11.2 Å². The van der Waals surface area contributed by atoms with Crippen molar-refractivity contribution in [2.75, 3.05) is 32.2 Å². The number of nitrogens with zero attached hydrogens (tertiary/aromatic N) is 1. The molecule has 1 saturated carbocycles. The molecule has 0 bridgehead atoms. The first-order valence-electron chi connectivity index (χ1n) is 8.84. The molecule has 0 saturated heterocycles. The number of fused-ring (bicyclic) bond motifs is 1. The molecule has 0 amide bonds. The molecule has 1 aliphatic carbocycles. The van der Waals surface area contributed by atoms with Crippen molar-refractivity contribution >= 4 is 5.69 Å². The van der Waals surface area contributed by atoms with Gasteiger partial charge in [-0.2, -0.15) is 0 Å². The smallest absolute Gasteiger partial charge is 0.119 e. The van der Waals surface area contributed by atoms with Crippen molar-refractivity contribution in [2.45, 2.75) is 31.3 Å².